The van der Waals surface area contributed by atoms with Gasteiger partial charge in [0.05, 0.1) is 19.8 Å². The molecule has 0 aliphatic heterocycles. The molecule has 1 atom stereocenters. The van der Waals surface area contributed by atoms with Crippen molar-refractivity contribution in [3.8, 4) is 11.5 Å². The molecule has 0 fully saturated rings. The molecule has 0 saturated heterocycles. The second-order valence-electron chi connectivity index (χ2n) is 5.60. The van der Waals surface area contributed by atoms with Crippen LogP contribution < -0.4 is 15.2 Å². The molecule has 0 heterocycles. The van der Waals surface area contributed by atoms with Crippen molar-refractivity contribution in [3.63, 3.8) is 0 Å². The summed E-state index contributed by atoms with van der Waals surface area (Å²) in [6.45, 7) is 6.20. The summed E-state index contributed by atoms with van der Waals surface area (Å²) in [7, 11) is 3.28. The molecule has 0 aromatic heterocycles. The molecular weight excluding hydrogens is 262 g/mol. The van der Waals surface area contributed by atoms with Crippen LogP contribution in [0.3, 0.4) is 0 Å². The highest BCUT2D eigenvalue weighted by atomic mass is 16.5. The van der Waals surface area contributed by atoms with Crippen LogP contribution in [0.5, 0.6) is 11.5 Å². The maximum absolute atomic E-state index is 6.61. The van der Waals surface area contributed by atoms with Crippen molar-refractivity contribution < 1.29 is 9.47 Å². The van der Waals surface area contributed by atoms with E-state index in [1.807, 2.05) is 25.1 Å². The smallest absolute Gasteiger partial charge is 0.122 e. The second kappa shape index (κ2) is 5.78. The molecule has 2 rings (SSSR count). The van der Waals surface area contributed by atoms with E-state index in [1.165, 1.54) is 11.1 Å². The monoisotopic (exact) mass is 285 g/mol. The molecule has 112 valence electrons. The van der Waals surface area contributed by atoms with Gasteiger partial charge in [0, 0.05) is 6.07 Å². The molecular formula is C18H23NO2. The number of ether oxygens (including phenoxy) is 2. The number of aryl methyl sites for hydroxylation is 2. The van der Waals surface area contributed by atoms with Gasteiger partial charge >= 0.3 is 0 Å². The molecule has 2 aromatic rings. The SMILES string of the molecule is COc1cc(OC)cc(C(C)(N)c2ccc(C)c(C)c2)c1. The molecule has 0 radical (unpaired) electrons. The Kier molecular flexibility index (Phi) is 4.24. The molecule has 2 N–H and O–H groups in total. The Morgan fingerprint density at radius 3 is 1.86 bits per heavy atom. The van der Waals surface area contributed by atoms with E-state index in [2.05, 4.69) is 32.0 Å². The second-order valence-corrected chi connectivity index (χ2v) is 5.60. The quantitative estimate of drug-likeness (QED) is 0.934. The minimum absolute atomic E-state index is 0.611. The first-order chi connectivity index (χ1) is 9.88. The van der Waals surface area contributed by atoms with E-state index >= 15 is 0 Å². The van der Waals surface area contributed by atoms with Gasteiger partial charge in [0.1, 0.15) is 11.5 Å². The average molecular weight is 285 g/mol. The maximum atomic E-state index is 6.61. The number of benzene rings is 2. The summed E-state index contributed by atoms with van der Waals surface area (Å²) in [5.74, 6) is 1.48. The predicted molar refractivity (Wildman–Crippen MR) is 86.1 cm³/mol. The van der Waals surface area contributed by atoms with Gasteiger partial charge in [-0.25, -0.2) is 0 Å². The summed E-state index contributed by atoms with van der Waals surface area (Å²) in [5, 5.41) is 0. The lowest BCUT2D eigenvalue weighted by molar-refractivity contribution is 0.391. The molecule has 21 heavy (non-hydrogen) atoms. The van der Waals surface area contributed by atoms with Gasteiger partial charge in [0.15, 0.2) is 0 Å². The third kappa shape index (κ3) is 3.03. The van der Waals surface area contributed by atoms with Crippen molar-refractivity contribution in [1.29, 1.82) is 0 Å². The number of methoxy groups -OCH3 is 2. The zero-order chi connectivity index (χ0) is 15.6. The van der Waals surface area contributed by atoms with Gasteiger partial charge in [-0.2, -0.15) is 0 Å². The summed E-state index contributed by atoms with van der Waals surface area (Å²) in [6, 6.07) is 12.1. The Morgan fingerprint density at radius 2 is 1.38 bits per heavy atom. The lowest BCUT2D eigenvalue weighted by atomic mass is 9.84. The topological polar surface area (TPSA) is 44.5 Å². The highest BCUT2D eigenvalue weighted by Crippen LogP contribution is 2.33. The largest absolute Gasteiger partial charge is 0.497 e. The summed E-state index contributed by atoms with van der Waals surface area (Å²) < 4.78 is 10.7. The number of nitrogens with two attached hydrogens (primary N) is 1. The van der Waals surface area contributed by atoms with Gasteiger partial charge in [0.25, 0.3) is 0 Å². The summed E-state index contributed by atoms with van der Waals surface area (Å²) in [5.41, 5.74) is 10.5. The minimum Gasteiger partial charge on any atom is -0.497 e. The molecule has 1 unspecified atom stereocenters. The van der Waals surface area contributed by atoms with Gasteiger partial charge in [-0.1, -0.05) is 18.2 Å². The minimum atomic E-state index is -0.611. The van der Waals surface area contributed by atoms with E-state index in [1.54, 1.807) is 14.2 Å². The number of rotatable bonds is 4. The van der Waals surface area contributed by atoms with Crippen molar-refractivity contribution in [2.45, 2.75) is 26.3 Å². The van der Waals surface area contributed by atoms with E-state index in [-0.39, 0.29) is 0 Å². The molecule has 0 amide bonds. The Morgan fingerprint density at radius 1 is 0.810 bits per heavy atom. The van der Waals surface area contributed by atoms with Gasteiger partial charge in [-0.3, -0.25) is 0 Å². The van der Waals surface area contributed by atoms with Crippen molar-refractivity contribution in [3.05, 3.63) is 58.7 Å². The first kappa shape index (κ1) is 15.4. The Hall–Kier alpha value is -2.00. The maximum Gasteiger partial charge on any atom is 0.122 e. The van der Waals surface area contributed by atoms with Gasteiger partial charge < -0.3 is 15.2 Å². The fraction of sp³-hybridized carbons (Fsp3) is 0.333. The van der Waals surface area contributed by atoms with Crippen LogP contribution in [-0.4, -0.2) is 14.2 Å². The zero-order valence-corrected chi connectivity index (χ0v) is 13.4. The predicted octanol–water partition coefficient (Wildman–Crippen LogP) is 3.54. The number of hydrogen-bond acceptors (Lipinski definition) is 3. The molecule has 0 aliphatic carbocycles. The van der Waals surface area contributed by atoms with Crippen molar-refractivity contribution >= 4 is 0 Å². The first-order valence-corrected chi connectivity index (χ1v) is 6.98. The standard InChI is InChI=1S/C18H23NO2/c1-12-6-7-14(8-13(12)2)18(3,19)15-9-16(20-4)11-17(10-15)21-5/h6-11H,19H2,1-5H3. The fourth-order valence-corrected chi connectivity index (χ4v) is 2.34. The average Bonchev–Trinajstić information content (AvgIpc) is 2.49. The Bertz CT molecular complexity index is 625. The van der Waals surface area contributed by atoms with Crippen LogP contribution in [0.1, 0.15) is 29.2 Å². The molecule has 0 saturated carbocycles. The molecule has 3 heteroatoms. The highest BCUT2D eigenvalue weighted by Gasteiger charge is 2.25. The van der Waals surface area contributed by atoms with Gasteiger partial charge in [-0.15, -0.1) is 0 Å². The van der Waals surface area contributed by atoms with Crippen LogP contribution >= 0.6 is 0 Å². The van der Waals surface area contributed by atoms with Crippen molar-refractivity contribution in [2.75, 3.05) is 14.2 Å². The Balaban J connectivity index is 2.54. The van der Waals surface area contributed by atoms with Crippen LogP contribution in [0.2, 0.25) is 0 Å². The molecule has 0 spiro atoms. The molecule has 0 aliphatic rings. The van der Waals surface area contributed by atoms with E-state index in [4.69, 9.17) is 15.2 Å². The third-order valence-corrected chi connectivity index (χ3v) is 4.06. The van der Waals surface area contributed by atoms with Crippen molar-refractivity contribution in [2.24, 2.45) is 5.73 Å². The van der Waals surface area contributed by atoms with E-state index in [9.17, 15) is 0 Å². The van der Waals surface area contributed by atoms with E-state index < -0.39 is 5.54 Å². The fourth-order valence-electron chi connectivity index (χ4n) is 2.34. The molecule has 3 nitrogen and oxygen atoms in total. The molecule has 2 aromatic carbocycles. The zero-order valence-electron chi connectivity index (χ0n) is 13.4. The highest BCUT2D eigenvalue weighted by molar-refractivity contribution is 5.47. The summed E-state index contributed by atoms with van der Waals surface area (Å²) >= 11 is 0. The van der Waals surface area contributed by atoms with Gasteiger partial charge in [-0.05, 0) is 55.2 Å². The third-order valence-electron chi connectivity index (χ3n) is 4.06. The summed E-state index contributed by atoms with van der Waals surface area (Å²) in [4.78, 5) is 0. The normalized spacial score (nSPS) is 13.6. The van der Waals surface area contributed by atoms with Crippen molar-refractivity contribution in [1.82, 2.24) is 0 Å². The molecule has 0 bridgehead atoms. The lowest BCUT2D eigenvalue weighted by Gasteiger charge is -2.27. The van der Waals surface area contributed by atoms with Crippen LogP contribution in [0.4, 0.5) is 0 Å². The van der Waals surface area contributed by atoms with Gasteiger partial charge in [0.2, 0.25) is 0 Å². The van der Waals surface area contributed by atoms with E-state index in [0.717, 1.165) is 22.6 Å². The summed E-state index contributed by atoms with van der Waals surface area (Å²) in [6.07, 6.45) is 0. The lowest BCUT2D eigenvalue weighted by Crippen LogP contribution is -2.34. The van der Waals surface area contributed by atoms with Crippen LogP contribution in [0.25, 0.3) is 0 Å². The van der Waals surface area contributed by atoms with Crippen LogP contribution in [0.15, 0.2) is 36.4 Å². The number of hydrogen-bond donors (Lipinski definition) is 1. The van der Waals surface area contributed by atoms with E-state index in [0.29, 0.717) is 0 Å². The van der Waals surface area contributed by atoms with Crippen LogP contribution in [-0.2, 0) is 5.54 Å². The van der Waals surface area contributed by atoms with Crippen LogP contribution in [0, 0.1) is 13.8 Å². The Labute approximate surface area is 126 Å². The first-order valence-electron chi connectivity index (χ1n) is 6.98.